The van der Waals surface area contributed by atoms with Crippen LogP contribution in [0.15, 0.2) is 52.5 Å². The van der Waals surface area contributed by atoms with Crippen molar-refractivity contribution in [2.24, 2.45) is 4.99 Å². The number of benzene rings is 2. The molecule has 1 amide bonds. The van der Waals surface area contributed by atoms with Gasteiger partial charge in [0.05, 0.1) is 35.3 Å². The highest BCUT2D eigenvalue weighted by molar-refractivity contribution is 8.18. The fraction of sp³-hybridized carbons (Fsp3) is 0.217. The number of carbonyl (C=O) groups is 1. The lowest BCUT2D eigenvalue weighted by Crippen LogP contribution is -2.25. The number of rotatable bonds is 5. The van der Waals surface area contributed by atoms with E-state index in [2.05, 4.69) is 14.9 Å². The van der Waals surface area contributed by atoms with Gasteiger partial charge in [0.2, 0.25) is 6.54 Å². The summed E-state index contributed by atoms with van der Waals surface area (Å²) in [7, 11) is 1.78. The van der Waals surface area contributed by atoms with Gasteiger partial charge in [-0.1, -0.05) is 23.7 Å². The summed E-state index contributed by atoms with van der Waals surface area (Å²) in [6.45, 7) is 7.60. The molecule has 3 aromatic rings. The maximum atomic E-state index is 13.4. The monoisotopic (exact) mass is 503 g/mol. The first-order valence-corrected chi connectivity index (χ1v) is 11.2. The van der Waals surface area contributed by atoms with Crippen molar-refractivity contribution in [2.45, 2.75) is 12.7 Å². The highest BCUT2D eigenvalue weighted by atomic mass is 35.5. The van der Waals surface area contributed by atoms with Crippen LogP contribution < -0.4 is 0 Å². The zero-order valence-electron chi connectivity index (χ0n) is 17.8. The number of fused-ring (bicyclic) bond motifs is 1. The standard InChI is InChI=1S/C23H17ClF3N5OS/c1-28-7-8-31(2)22-30-21(33)20(34-22)10-14-3-6-19-16(9-14)12-29-32(19)13-15-4-5-17(24)11-18(15)23(25,26)27/h3-6,9-12H,7-8,13H2,2H3/b20-10-. The zero-order valence-corrected chi connectivity index (χ0v) is 19.4. The molecule has 0 saturated heterocycles. The van der Waals surface area contributed by atoms with Crippen molar-refractivity contribution in [2.75, 3.05) is 20.1 Å². The Bertz CT molecular complexity index is 1370. The first kappa shape index (κ1) is 23.9. The molecule has 0 radical (unpaired) electrons. The van der Waals surface area contributed by atoms with Crippen LogP contribution in [0.25, 0.3) is 21.8 Å². The second-order valence-corrected chi connectivity index (χ2v) is 8.98. The SMILES string of the molecule is [C-]#[N+]CCN(C)C1=NC(=O)/C(=C/c2ccc3c(cnn3Cc3ccc(Cl)cc3C(F)(F)F)c2)S1. The molecule has 0 N–H and O–H groups in total. The third-order valence-electron chi connectivity index (χ3n) is 5.14. The molecule has 174 valence electrons. The van der Waals surface area contributed by atoms with Gasteiger partial charge in [0.25, 0.3) is 5.91 Å². The third kappa shape index (κ3) is 5.11. The number of likely N-dealkylation sites (N-methyl/N-ethyl adjacent to an activating group) is 1. The minimum Gasteiger partial charge on any atom is -0.346 e. The van der Waals surface area contributed by atoms with Crippen molar-refractivity contribution >= 4 is 51.4 Å². The number of carbonyl (C=O) groups excluding carboxylic acids is 1. The molecule has 4 rings (SSSR count). The molecule has 2 aromatic carbocycles. The average Bonchev–Trinajstić information content (AvgIpc) is 3.35. The number of halogens is 4. The van der Waals surface area contributed by atoms with Crippen LogP contribution in [-0.4, -0.2) is 45.9 Å². The van der Waals surface area contributed by atoms with Crippen LogP contribution in [0, 0.1) is 6.57 Å². The lowest BCUT2D eigenvalue weighted by molar-refractivity contribution is -0.138. The largest absolute Gasteiger partial charge is 0.416 e. The summed E-state index contributed by atoms with van der Waals surface area (Å²) in [5.74, 6) is -0.354. The Morgan fingerprint density at radius 1 is 1.26 bits per heavy atom. The first-order chi connectivity index (χ1) is 16.2. The zero-order chi connectivity index (χ0) is 24.5. The second-order valence-electron chi connectivity index (χ2n) is 7.53. The molecule has 1 aliphatic heterocycles. The molecular weight excluding hydrogens is 487 g/mol. The number of hydrogen-bond acceptors (Lipinski definition) is 4. The molecular formula is C23H17ClF3N5OS. The summed E-state index contributed by atoms with van der Waals surface area (Å²) in [5, 5.41) is 5.54. The van der Waals surface area contributed by atoms with Gasteiger partial charge < -0.3 is 9.74 Å². The smallest absolute Gasteiger partial charge is 0.346 e. The lowest BCUT2D eigenvalue weighted by atomic mass is 10.1. The van der Waals surface area contributed by atoms with Crippen LogP contribution in [0.1, 0.15) is 16.7 Å². The van der Waals surface area contributed by atoms with Gasteiger partial charge in [0.15, 0.2) is 5.17 Å². The highest BCUT2D eigenvalue weighted by Gasteiger charge is 2.33. The predicted molar refractivity (Wildman–Crippen MR) is 127 cm³/mol. The Labute approximate surface area is 202 Å². The summed E-state index contributed by atoms with van der Waals surface area (Å²) in [6.07, 6.45) is -1.24. The Hall–Kier alpha value is -3.29. The van der Waals surface area contributed by atoms with Crippen LogP contribution in [0.3, 0.4) is 0 Å². The van der Waals surface area contributed by atoms with E-state index in [1.54, 1.807) is 36.4 Å². The van der Waals surface area contributed by atoms with Crippen LogP contribution in [0.2, 0.25) is 5.02 Å². The molecule has 0 spiro atoms. The third-order valence-corrected chi connectivity index (χ3v) is 6.48. The van der Waals surface area contributed by atoms with Crippen molar-refractivity contribution < 1.29 is 18.0 Å². The summed E-state index contributed by atoms with van der Waals surface area (Å²) < 4.78 is 41.8. The fourth-order valence-electron chi connectivity index (χ4n) is 3.44. The topological polar surface area (TPSA) is 54.9 Å². The van der Waals surface area contributed by atoms with E-state index < -0.39 is 11.7 Å². The molecule has 6 nitrogen and oxygen atoms in total. The van der Waals surface area contributed by atoms with E-state index in [1.165, 1.54) is 28.6 Å². The normalized spacial score (nSPS) is 15.1. The minimum atomic E-state index is -4.53. The van der Waals surface area contributed by atoms with Crippen LogP contribution >= 0.6 is 23.4 Å². The number of thioether (sulfide) groups is 1. The predicted octanol–water partition coefficient (Wildman–Crippen LogP) is 5.58. The van der Waals surface area contributed by atoms with Gasteiger partial charge in [-0.05, 0) is 53.2 Å². The van der Waals surface area contributed by atoms with Crippen LogP contribution in [0.4, 0.5) is 13.2 Å². The Morgan fingerprint density at radius 2 is 2.06 bits per heavy atom. The number of aliphatic imine (C=N–C) groups is 1. The molecule has 0 unspecified atom stereocenters. The van der Waals surface area contributed by atoms with E-state index in [4.69, 9.17) is 18.2 Å². The number of amidine groups is 1. The molecule has 0 saturated carbocycles. The molecule has 0 bridgehead atoms. The van der Waals surface area contributed by atoms with Crippen molar-refractivity contribution in [3.05, 3.63) is 80.6 Å². The summed E-state index contributed by atoms with van der Waals surface area (Å²) in [4.78, 5) is 21.9. The van der Waals surface area contributed by atoms with Gasteiger partial charge in [-0.2, -0.15) is 23.3 Å². The quantitative estimate of drug-likeness (QED) is 0.337. The molecule has 0 atom stereocenters. The van der Waals surface area contributed by atoms with E-state index in [-0.39, 0.29) is 23.0 Å². The molecule has 0 fully saturated rings. The average molecular weight is 504 g/mol. The Kier molecular flexibility index (Phi) is 6.68. The van der Waals surface area contributed by atoms with E-state index >= 15 is 0 Å². The van der Waals surface area contributed by atoms with E-state index in [0.29, 0.717) is 28.7 Å². The molecule has 11 heteroatoms. The number of amides is 1. The van der Waals surface area contributed by atoms with Gasteiger partial charge in [-0.25, -0.2) is 6.57 Å². The van der Waals surface area contributed by atoms with Gasteiger partial charge in [0.1, 0.15) is 0 Å². The fourth-order valence-corrected chi connectivity index (χ4v) is 4.51. The number of aromatic nitrogens is 2. The van der Waals surface area contributed by atoms with Crippen molar-refractivity contribution in [3.8, 4) is 0 Å². The van der Waals surface area contributed by atoms with Crippen molar-refractivity contribution in [3.63, 3.8) is 0 Å². The van der Waals surface area contributed by atoms with E-state index in [9.17, 15) is 18.0 Å². The van der Waals surface area contributed by atoms with E-state index in [1.807, 2.05) is 6.07 Å². The second kappa shape index (κ2) is 9.52. The molecule has 2 heterocycles. The lowest BCUT2D eigenvalue weighted by Gasteiger charge is -2.14. The summed E-state index contributed by atoms with van der Waals surface area (Å²) >= 11 is 7.01. The Morgan fingerprint density at radius 3 is 2.79 bits per heavy atom. The number of nitrogens with zero attached hydrogens (tertiary/aromatic N) is 5. The van der Waals surface area contributed by atoms with Gasteiger partial charge in [-0.3, -0.25) is 9.48 Å². The van der Waals surface area contributed by atoms with Gasteiger partial charge in [-0.15, -0.1) is 0 Å². The van der Waals surface area contributed by atoms with E-state index in [0.717, 1.165) is 17.0 Å². The van der Waals surface area contributed by atoms with Gasteiger partial charge >= 0.3 is 6.18 Å². The molecule has 0 aliphatic carbocycles. The number of alkyl halides is 3. The van der Waals surface area contributed by atoms with Gasteiger partial charge in [0, 0.05) is 17.5 Å². The number of hydrogen-bond donors (Lipinski definition) is 0. The molecule has 1 aromatic heterocycles. The minimum absolute atomic E-state index is 0.0168. The maximum absolute atomic E-state index is 13.4. The molecule has 1 aliphatic rings. The van der Waals surface area contributed by atoms with Crippen LogP contribution in [0.5, 0.6) is 0 Å². The van der Waals surface area contributed by atoms with Crippen LogP contribution in [-0.2, 0) is 17.5 Å². The Balaban J connectivity index is 1.56. The van der Waals surface area contributed by atoms with Crippen molar-refractivity contribution in [1.82, 2.24) is 14.7 Å². The summed E-state index contributed by atoms with van der Waals surface area (Å²) in [6, 6.07) is 9.03. The van der Waals surface area contributed by atoms with Crippen molar-refractivity contribution in [1.29, 1.82) is 0 Å². The highest BCUT2D eigenvalue weighted by Crippen LogP contribution is 2.35. The first-order valence-electron chi connectivity index (χ1n) is 10.0. The maximum Gasteiger partial charge on any atom is 0.416 e. The molecule has 34 heavy (non-hydrogen) atoms. The summed E-state index contributed by atoms with van der Waals surface area (Å²) in [5.41, 5.74) is 0.670.